The van der Waals surface area contributed by atoms with Gasteiger partial charge in [-0.05, 0) is 6.42 Å². The summed E-state index contributed by atoms with van der Waals surface area (Å²) >= 11 is 0. The number of hydrogen-bond donors (Lipinski definition) is 0. The van der Waals surface area contributed by atoms with Crippen molar-refractivity contribution in [2.45, 2.75) is 26.4 Å². The molecule has 0 saturated carbocycles. The number of rotatable bonds is 3. The lowest BCUT2D eigenvalue weighted by Gasteiger charge is -2.18. The van der Waals surface area contributed by atoms with E-state index in [1.165, 1.54) is 6.92 Å². The van der Waals surface area contributed by atoms with Crippen molar-refractivity contribution in [3.05, 3.63) is 24.3 Å². The molecule has 0 aromatic heterocycles. The molecule has 0 heterocycles. The van der Waals surface area contributed by atoms with Gasteiger partial charge in [-0.3, -0.25) is 4.79 Å². The van der Waals surface area contributed by atoms with E-state index in [1.54, 1.807) is 0 Å². The van der Waals surface area contributed by atoms with Crippen molar-refractivity contribution in [3.63, 3.8) is 0 Å². The second-order valence-electron chi connectivity index (χ2n) is 2.90. The van der Waals surface area contributed by atoms with Crippen LogP contribution in [0, 0.1) is 5.92 Å². The first kappa shape index (κ1) is 9.04. The van der Waals surface area contributed by atoms with Crippen molar-refractivity contribution in [1.82, 2.24) is 0 Å². The van der Waals surface area contributed by atoms with Gasteiger partial charge in [-0.15, -0.1) is 0 Å². The fourth-order valence-electron chi connectivity index (χ4n) is 1.34. The Bertz CT molecular complexity index is 204. The Hall–Kier alpha value is -1.05. The highest BCUT2D eigenvalue weighted by atomic mass is 16.5. The maximum Gasteiger partial charge on any atom is 0.302 e. The molecular weight excluding hydrogens is 152 g/mol. The van der Waals surface area contributed by atoms with E-state index in [0.717, 1.165) is 6.42 Å². The average Bonchev–Trinajstić information content (AvgIpc) is 2.51. The van der Waals surface area contributed by atoms with Gasteiger partial charge in [0.05, 0.1) is 0 Å². The van der Waals surface area contributed by atoms with Gasteiger partial charge in [-0.25, -0.2) is 0 Å². The van der Waals surface area contributed by atoms with E-state index in [9.17, 15) is 4.79 Å². The Kier molecular flexibility index (Phi) is 3.09. The summed E-state index contributed by atoms with van der Waals surface area (Å²) in [6.45, 7) is 3.47. The smallest absolute Gasteiger partial charge is 0.302 e. The predicted molar refractivity (Wildman–Crippen MR) is 47.6 cm³/mol. The summed E-state index contributed by atoms with van der Waals surface area (Å²) < 4.78 is 5.14. The molecule has 0 aliphatic heterocycles. The molecule has 0 aromatic carbocycles. The number of allylic oxidation sites excluding steroid dienone is 2. The van der Waals surface area contributed by atoms with Gasteiger partial charge in [0, 0.05) is 12.8 Å². The molecular formula is C10H14O2. The summed E-state index contributed by atoms with van der Waals surface area (Å²) in [4.78, 5) is 10.7. The van der Waals surface area contributed by atoms with Gasteiger partial charge < -0.3 is 4.74 Å². The number of ether oxygens (including phenoxy) is 1. The van der Waals surface area contributed by atoms with E-state index in [0.29, 0.717) is 0 Å². The van der Waals surface area contributed by atoms with Crippen LogP contribution >= 0.6 is 0 Å². The lowest BCUT2D eigenvalue weighted by molar-refractivity contribution is -0.147. The van der Waals surface area contributed by atoms with Crippen LogP contribution in [0.2, 0.25) is 0 Å². The lowest BCUT2D eigenvalue weighted by atomic mass is 10.0. The minimum absolute atomic E-state index is 0.0116. The molecule has 0 aromatic rings. The molecule has 1 atom stereocenters. The minimum atomic E-state index is -0.199. The molecule has 1 unspecified atom stereocenters. The molecule has 0 fully saturated rings. The fraction of sp³-hybridized carbons (Fsp3) is 0.500. The summed E-state index contributed by atoms with van der Waals surface area (Å²) in [5.74, 6) is 0.0782. The van der Waals surface area contributed by atoms with E-state index >= 15 is 0 Å². The van der Waals surface area contributed by atoms with E-state index in [1.807, 2.05) is 19.1 Å². The molecule has 2 heteroatoms. The van der Waals surface area contributed by atoms with Gasteiger partial charge >= 0.3 is 5.97 Å². The van der Waals surface area contributed by atoms with Crippen LogP contribution in [0.15, 0.2) is 24.3 Å². The van der Waals surface area contributed by atoms with Crippen molar-refractivity contribution in [3.8, 4) is 0 Å². The number of carbonyl (C=O) groups excluding carboxylic acids is 1. The monoisotopic (exact) mass is 166 g/mol. The van der Waals surface area contributed by atoms with E-state index in [2.05, 4.69) is 12.2 Å². The zero-order valence-corrected chi connectivity index (χ0v) is 7.49. The SMILES string of the molecule is CCC(OC(C)=O)C1C=CC=C1. The first-order valence-corrected chi connectivity index (χ1v) is 4.26. The summed E-state index contributed by atoms with van der Waals surface area (Å²) in [6.07, 6.45) is 8.94. The Morgan fingerprint density at radius 3 is 2.50 bits per heavy atom. The molecule has 1 rings (SSSR count). The molecule has 0 bridgehead atoms. The average molecular weight is 166 g/mol. The third-order valence-corrected chi connectivity index (χ3v) is 1.93. The summed E-state index contributed by atoms with van der Waals surface area (Å²) in [5.41, 5.74) is 0. The van der Waals surface area contributed by atoms with Gasteiger partial charge in [0.1, 0.15) is 6.10 Å². The van der Waals surface area contributed by atoms with Crippen LogP contribution in [0.3, 0.4) is 0 Å². The van der Waals surface area contributed by atoms with Crippen LogP contribution in [0.4, 0.5) is 0 Å². The third kappa shape index (κ3) is 2.22. The Morgan fingerprint density at radius 1 is 1.50 bits per heavy atom. The highest BCUT2D eigenvalue weighted by molar-refractivity contribution is 5.66. The Morgan fingerprint density at radius 2 is 2.08 bits per heavy atom. The molecule has 1 aliphatic carbocycles. The summed E-state index contributed by atoms with van der Waals surface area (Å²) in [5, 5.41) is 0. The van der Waals surface area contributed by atoms with Crippen molar-refractivity contribution in [1.29, 1.82) is 0 Å². The Balaban J connectivity index is 2.49. The zero-order chi connectivity index (χ0) is 8.97. The number of hydrogen-bond acceptors (Lipinski definition) is 2. The van der Waals surface area contributed by atoms with Crippen LogP contribution in [0.5, 0.6) is 0 Å². The zero-order valence-electron chi connectivity index (χ0n) is 7.49. The van der Waals surface area contributed by atoms with Gasteiger partial charge in [0.25, 0.3) is 0 Å². The topological polar surface area (TPSA) is 26.3 Å². The van der Waals surface area contributed by atoms with E-state index < -0.39 is 0 Å². The fourth-order valence-corrected chi connectivity index (χ4v) is 1.34. The van der Waals surface area contributed by atoms with Crippen LogP contribution in [0.1, 0.15) is 20.3 Å². The van der Waals surface area contributed by atoms with Crippen LogP contribution < -0.4 is 0 Å². The molecule has 12 heavy (non-hydrogen) atoms. The van der Waals surface area contributed by atoms with E-state index in [4.69, 9.17) is 4.74 Å². The van der Waals surface area contributed by atoms with Crippen molar-refractivity contribution in [2.75, 3.05) is 0 Å². The maximum absolute atomic E-state index is 10.7. The molecule has 0 radical (unpaired) electrons. The Labute approximate surface area is 72.9 Å². The largest absolute Gasteiger partial charge is 0.462 e. The second-order valence-corrected chi connectivity index (χ2v) is 2.90. The maximum atomic E-state index is 10.7. The van der Waals surface area contributed by atoms with Crippen LogP contribution in [0.25, 0.3) is 0 Å². The normalized spacial score (nSPS) is 18.2. The van der Waals surface area contributed by atoms with Gasteiger partial charge in [-0.2, -0.15) is 0 Å². The quantitative estimate of drug-likeness (QED) is 0.600. The number of esters is 1. The predicted octanol–water partition coefficient (Wildman–Crippen LogP) is 2.07. The first-order chi connectivity index (χ1) is 5.74. The van der Waals surface area contributed by atoms with Gasteiger partial charge in [0.15, 0.2) is 0 Å². The minimum Gasteiger partial charge on any atom is -0.462 e. The number of carbonyl (C=O) groups is 1. The van der Waals surface area contributed by atoms with Crippen molar-refractivity contribution < 1.29 is 9.53 Å². The molecule has 66 valence electrons. The van der Waals surface area contributed by atoms with Crippen LogP contribution in [-0.2, 0) is 9.53 Å². The van der Waals surface area contributed by atoms with E-state index in [-0.39, 0.29) is 18.0 Å². The summed E-state index contributed by atoms with van der Waals surface area (Å²) in [6, 6.07) is 0. The molecule has 0 N–H and O–H groups in total. The van der Waals surface area contributed by atoms with Crippen LogP contribution in [-0.4, -0.2) is 12.1 Å². The highest BCUT2D eigenvalue weighted by Gasteiger charge is 2.18. The first-order valence-electron chi connectivity index (χ1n) is 4.26. The molecule has 2 nitrogen and oxygen atoms in total. The molecule has 1 aliphatic rings. The second kappa shape index (κ2) is 4.10. The highest BCUT2D eigenvalue weighted by Crippen LogP contribution is 2.19. The molecule has 0 spiro atoms. The standard InChI is InChI=1S/C10H14O2/c1-3-10(12-8(2)11)9-6-4-5-7-9/h4-7,9-10H,3H2,1-2H3. The van der Waals surface area contributed by atoms with Crippen molar-refractivity contribution in [2.24, 2.45) is 5.92 Å². The molecule has 0 saturated heterocycles. The molecule has 0 amide bonds. The van der Waals surface area contributed by atoms with Crippen molar-refractivity contribution >= 4 is 5.97 Å². The summed E-state index contributed by atoms with van der Waals surface area (Å²) in [7, 11) is 0. The van der Waals surface area contributed by atoms with Gasteiger partial charge in [-0.1, -0.05) is 31.2 Å². The van der Waals surface area contributed by atoms with Gasteiger partial charge in [0.2, 0.25) is 0 Å². The lowest BCUT2D eigenvalue weighted by Crippen LogP contribution is -2.21. The third-order valence-electron chi connectivity index (χ3n) is 1.93.